The molecule has 2 aromatic rings. The third-order valence-electron chi connectivity index (χ3n) is 2.55. The van der Waals surface area contributed by atoms with E-state index in [4.69, 9.17) is 4.42 Å². The number of carbonyl (C=O) groups is 1. The van der Waals surface area contributed by atoms with Gasteiger partial charge in [-0.15, -0.1) is 0 Å². The summed E-state index contributed by atoms with van der Waals surface area (Å²) in [5.74, 6) is -0.0298. The molecule has 0 atom stereocenters. The number of nitrogens with one attached hydrogen (secondary N) is 1. The van der Waals surface area contributed by atoms with E-state index in [1.165, 1.54) is 12.0 Å². The van der Waals surface area contributed by atoms with Crippen molar-refractivity contribution in [1.82, 2.24) is 4.98 Å². The maximum absolute atomic E-state index is 11.9. The number of anilines is 1. The van der Waals surface area contributed by atoms with Gasteiger partial charge in [0.2, 0.25) is 5.76 Å². The molecule has 4 nitrogen and oxygen atoms in total. The van der Waals surface area contributed by atoms with Gasteiger partial charge in [-0.1, -0.05) is 28.1 Å². The Bertz CT molecular complexity index is 534. The summed E-state index contributed by atoms with van der Waals surface area (Å²) in [6, 6.07) is 7.73. The van der Waals surface area contributed by atoms with Crippen LogP contribution in [0.3, 0.4) is 0 Å². The van der Waals surface area contributed by atoms with Crippen LogP contribution in [0.25, 0.3) is 0 Å². The second-order valence-corrected chi connectivity index (χ2v) is 4.65. The van der Waals surface area contributed by atoms with Crippen LogP contribution in [0.15, 0.2) is 35.1 Å². The third kappa shape index (κ3) is 2.98. The van der Waals surface area contributed by atoms with Crippen molar-refractivity contribution in [2.45, 2.75) is 13.3 Å². The van der Waals surface area contributed by atoms with Gasteiger partial charge in [-0.3, -0.25) is 4.79 Å². The number of alkyl halides is 1. The molecule has 18 heavy (non-hydrogen) atoms. The zero-order valence-corrected chi connectivity index (χ0v) is 11.5. The summed E-state index contributed by atoms with van der Waals surface area (Å²) in [7, 11) is 0. The molecule has 2 rings (SSSR count). The fourth-order valence-electron chi connectivity index (χ4n) is 1.57. The summed E-state index contributed by atoms with van der Waals surface area (Å²) in [5.41, 5.74) is 2.55. The van der Waals surface area contributed by atoms with Crippen molar-refractivity contribution >= 4 is 27.5 Å². The van der Waals surface area contributed by atoms with E-state index in [1.807, 2.05) is 24.3 Å². The molecule has 0 aliphatic rings. The molecular weight excluding hydrogens is 296 g/mol. The molecule has 1 aromatic heterocycles. The maximum atomic E-state index is 11.9. The number of rotatable bonds is 4. The van der Waals surface area contributed by atoms with Gasteiger partial charge in [0.1, 0.15) is 0 Å². The fraction of sp³-hybridized carbons (Fsp3) is 0.231. The molecule has 5 heteroatoms. The van der Waals surface area contributed by atoms with E-state index >= 15 is 0 Å². The number of aryl methyl sites for hydroxylation is 2. The van der Waals surface area contributed by atoms with E-state index in [9.17, 15) is 4.79 Å². The van der Waals surface area contributed by atoms with Gasteiger partial charge in [-0.05, 0) is 31.0 Å². The molecule has 1 amide bonds. The SMILES string of the molecule is Cc1ncoc1C(=O)Nc1ccc(CCBr)cc1. The van der Waals surface area contributed by atoms with Crippen LogP contribution in [0.4, 0.5) is 5.69 Å². The van der Waals surface area contributed by atoms with Crippen LogP contribution in [0.1, 0.15) is 21.8 Å². The number of nitrogens with zero attached hydrogens (tertiary/aromatic N) is 1. The number of oxazole rings is 1. The van der Waals surface area contributed by atoms with Gasteiger partial charge < -0.3 is 9.73 Å². The van der Waals surface area contributed by atoms with E-state index < -0.39 is 0 Å². The largest absolute Gasteiger partial charge is 0.438 e. The Morgan fingerprint density at radius 1 is 1.39 bits per heavy atom. The maximum Gasteiger partial charge on any atom is 0.293 e. The number of halogens is 1. The molecule has 1 heterocycles. The van der Waals surface area contributed by atoms with Crippen molar-refractivity contribution < 1.29 is 9.21 Å². The van der Waals surface area contributed by atoms with E-state index in [1.54, 1.807) is 6.92 Å². The molecule has 1 aromatic carbocycles. The Balaban J connectivity index is 2.05. The first-order chi connectivity index (χ1) is 8.70. The van der Waals surface area contributed by atoms with Crippen molar-refractivity contribution in [3.8, 4) is 0 Å². The van der Waals surface area contributed by atoms with Gasteiger partial charge in [-0.25, -0.2) is 4.98 Å². The van der Waals surface area contributed by atoms with Crippen LogP contribution < -0.4 is 5.32 Å². The lowest BCUT2D eigenvalue weighted by Crippen LogP contribution is -2.12. The summed E-state index contributed by atoms with van der Waals surface area (Å²) in [6.07, 6.45) is 2.23. The zero-order chi connectivity index (χ0) is 13.0. The number of aromatic nitrogens is 1. The van der Waals surface area contributed by atoms with Gasteiger partial charge in [0.05, 0.1) is 5.69 Å². The molecular formula is C13H13BrN2O2. The molecule has 0 aliphatic heterocycles. The molecule has 0 saturated heterocycles. The van der Waals surface area contributed by atoms with Crippen molar-refractivity contribution in [1.29, 1.82) is 0 Å². The van der Waals surface area contributed by atoms with Gasteiger partial charge in [0.15, 0.2) is 6.39 Å². The summed E-state index contributed by atoms with van der Waals surface area (Å²) >= 11 is 3.39. The first kappa shape index (κ1) is 12.8. The fourth-order valence-corrected chi connectivity index (χ4v) is 2.03. The molecule has 0 saturated carbocycles. The Morgan fingerprint density at radius 3 is 2.67 bits per heavy atom. The van der Waals surface area contributed by atoms with E-state index in [2.05, 4.69) is 26.2 Å². The highest BCUT2D eigenvalue weighted by Crippen LogP contribution is 2.13. The smallest absolute Gasteiger partial charge is 0.293 e. The highest BCUT2D eigenvalue weighted by molar-refractivity contribution is 9.09. The molecule has 0 spiro atoms. The van der Waals surface area contributed by atoms with E-state index in [0.29, 0.717) is 5.69 Å². The number of hydrogen-bond donors (Lipinski definition) is 1. The van der Waals surface area contributed by atoms with Crippen LogP contribution in [0.5, 0.6) is 0 Å². The Hall–Kier alpha value is -1.62. The molecule has 0 unspecified atom stereocenters. The average molecular weight is 309 g/mol. The van der Waals surface area contributed by atoms with E-state index in [0.717, 1.165) is 17.4 Å². The van der Waals surface area contributed by atoms with Gasteiger partial charge in [-0.2, -0.15) is 0 Å². The predicted molar refractivity (Wildman–Crippen MR) is 73.1 cm³/mol. The van der Waals surface area contributed by atoms with Crippen LogP contribution in [-0.4, -0.2) is 16.2 Å². The minimum Gasteiger partial charge on any atom is -0.438 e. The number of benzene rings is 1. The minimum atomic E-state index is -0.279. The molecule has 1 N–H and O–H groups in total. The summed E-state index contributed by atoms with van der Waals surface area (Å²) < 4.78 is 5.03. The Kier molecular flexibility index (Phi) is 4.15. The van der Waals surface area contributed by atoms with Crippen LogP contribution >= 0.6 is 15.9 Å². The normalized spacial score (nSPS) is 10.3. The Morgan fingerprint density at radius 2 is 2.11 bits per heavy atom. The molecule has 0 bridgehead atoms. The molecule has 94 valence electrons. The van der Waals surface area contributed by atoms with Crippen molar-refractivity contribution in [3.63, 3.8) is 0 Å². The second-order valence-electron chi connectivity index (χ2n) is 3.86. The van der Waals surface area contributed by atoms with Gasteiger partial charge in [0, 0.05) is 11.0 Å². The Labute approximate surface area is 114 Å². The molecule has 0 aliphatic carbocycles. The van der Waals surface area contributed by atoms with Crippen molar-refractivity contribution in [3.05, 3.63) is 47.7 Å². The lowest BCUT2D eigenvalue weighted by Gasteiger charge is -2.04. The second kappa shape index (κ2) is 5.82. The molecule has 0 radical (unpaired) electrons. The monoisotopic (exact) mass is 308 g/mol. The average Bonchev–Trinajstić information content (AvgIpc) is 2.78. The molecule has 0 fully saturated rings. The highest BCUT2D eigenvalue weighted by atomic mass is 79.9. The lowest BCUT2D eigenvalue weighted by atomic mass is 10.1. The number of carbonyl (C=O) groups excluding carboxylic acids is 1. The third-order valence-corrected chi connectivity index (χ3v) is 2.94. The number of hydrogen-bond acceptors (Lipinski definition) is 3. The first-order valence-corrected chi connectivity index (χ1v) is 6.69. The van der Waals surface area contributed by atoms with Gasteiger partial charge >= 0.3 is 0 Å². The highest BCUT2D eigenvalue weighted by Gasteiger charge is 2.13. The quantitative estimate of drug-likeness (QED) is 0.883. The van der Waals surface area contributed by atoms with E-state index in [-0.39, 0.29) is 11.7 Å². The summed E-state index contributed by atoms with van der Waals surface area (Å²) in [6.45, 7) is 1.73. The van der Waals surface area contributed by atoms with Gasteiger partial charge in [0.25, 0.3) is 5.91 Å². The van der Waals surface area contributed by atoms with Crippen LogP contribution in [0, 0.1) is 6.92 Å². The summed E-state index contributed by atoms with van der Waals surface area (Å²) in [5, 5.41) is 3.70. The zero-order valence-electron chi connectivity index (χ0n) is 9.94. The van der Waals surface area contributed by atoms with Crippen LogP contribution in [0.2, 0.25) is 0 Å². The standard InChI is InChI=1S/C13H13BrN2O2/c1-9-12(18-8-15-9)13(17)16-11-4-2-10(3-5-11)6-7-14/h2-5,8H,6-7H2,1H3,(H,16,17). The summed E-state index contributed by atoms with van der Waals surface area (Å²) in [4.78, 5) is 15.7. The van der Waals surface area contributed by atoms with Crippen molar-refractivity contribution in [2.24, 2.45) is 0 Å². The lowest BCUT2D eigenvalue weighted by molar-refractivity contribution is 0.0996. The topological polar surface area (TPSA) is 55.1 Å². The minimum absolute atomic E-state index is 0.250. The van der Waals surface area contributed by atoms with Crippen LogP contribution in [-0.2, 0) is 6.42 Å². The number of amides is 1. The first-order valence-electron chi connectivity index (χ1n) is 5.57. The van der Waals surface area contributed by atoms with Crippen molar-refractivity contribution in [2.75, 3.05) is 10.6 Å². The predicted octanol–water partition coefficient (Wildman–Crippen LogP) is 3.17.